The predicted molar refractivity (Wildman–Crippen MR) is 67.6 cm³/mol. The van der Waals surface area contributed by atoms with Crippen LogP contribution in [0.3, 0.4) is 0 Å². The van der Waals surface area contributed by atoms with Gasteiger partial charge >= 0.3 is 6.09 Å². The number of benzene rings is 1. The van der Waals surface area contributed by atoms with Crippen molar-refractivity contribution < 1.29 is 14.1 Å². The van der Waals surface area contributed by atoms with E-state index in [1.807, 2.05) is 12.1 Å². The Kier molecular flexibility index (Phi) is 3.84. The van der Waals surface area contributed by atoms with E-state index in [0.717, 1.165) is 5.56 Å². The number of hydrogen-bond donors (Lipinski definition) is 1. The van der Waals surface area contributed by atoms with E-state index in [1.54, 1.807) is 25.1 Å². The van der Waals surface area contributed by atoms with E-state index >= 15 is 0 Å². The highest BCUT2D eigenvalue weighted by Crippen LogP contribution is 2.23. The van der Waals surface area contributed by atoms with Gasteiger partial charge in [0.15, 0.2) is 0 Å². The number of hydrogen-bond acceptors (Lipinski definition) is 4. The standard InChI is InChI=1S/C12H11ClN2O3/c1-2-17-12(16)14-11-7-10(15-18-11)8-3-5-9(13)6-4-8/h3-7H,2H2,1H3,(H,14,16). The number of halogens is 1. The molecule has 6 heteroatoms. The lowest BCUT2D eigenvalue weighted by atomic mass is 10.1. The number of anilines is 1. The summed E-state index contributed by atoms with van der Waals surface area (Å²) in [6.45, 7) is 2.02. The number of carbonyl (C=O) groups excluding carboxylic acids is 1. The van der Waals surface area contributed by atoms with Gasteiger partial charge in [0.25, 0.3) is 0 Å². The van der Waals surface area contributed by atoms with Crippen LogP contribution in [-0.2, 0) is 4.74 Å². The molecule has 94 valence electrons. The number of amides is 1. The lowest BCUT2D eigenvalue weighted by Crippen LogP contribution is -2.12. The quantitative estimate of drug-likeness (QED) is 0.922. The first-order valence-electron chi connectivity index (χ1n) is 5.35. The van der Waals surface area contributed by atoms with Crippen LogP contribution in [0.1, 0.15) is 6.92 Å². The maximum Gasteiger partial charge on any atom is 0.414 e. The fraction of sp³-hybridized carbons (Fsp3) is 0.167. The van der Waals surface area contributed by atoms with Gasteiger partial charge in [0.1, 0.15) is 5.69 Å². The molecule has 0 spiro atoms. The summed E-state index contributed by atoms with van der Waals surface area (Å²) in [5.41, 5.74) is 1.46. The second kappa shape index (κ2) is 5.55. The van der Waals surface area contributed by atoms with Crippen LogP contribution >= 0.6 is 11.6 Å². The Morgan fingerprint density at radius 3 is 2.83 bits per heavy atom. The van der Waals surface area contributed by atoms with E-state index in [2.05, 4.69) is 10.5 Å². The van der Waals surface area contributed by atoms with Crippen LogP contribution in [0.5, 0.6) is 0 Å². The van der Waals surface area contributed by atoms with Crippen LogP contribution in [0.15, 0.2) is 34.9 Å². The Labute approximate surface area is 109 Å². The van der Waals surface area contributed by atoms with Gasteiger partial charge in [-0.05, 0) is 19.1 Å². The molecule has 0 aliphatic rings. The average molecular weight is 267 g/mol. The molecule has 0 radical (unpaired) electrons. The minimum absolute atomic E-state index is 0.235. The van der Waals surface area contributed by atoms with Crippen molar-refractivity contribution in [3.63, 3.8) is 0 Å². The SMILES string of the molecule is CCOC(=O)Nc1cc(-c2ccc(Cl)cc2)no1. The number of nitrogens with zero attached hydrogens (tertiary/aromatic N) is 1. The number of nitrogens with one attached hydrogen (secondary N) is 1. The second-order valence-corrected chi connectivity index (χ2v) is 3.87. The van der Waals surface area contributed by atoms with Crippen molar-refractivity contribution in [2.45, 2.75) is 6.92 Å². The monoisotopic (exact) mass is 266 g/mol. The molecule has 0 bridgehead atoms. The number of aromatic nitrogens is 1. The van der Waals surface area contributed by atoms with E-state index in [1.165, 1.54) is 0 Å². The molecule has 1 aromatic heterocycles. The van der Waals surface area contributed by atoms with Gasteiger partial charge in [0.05, 0.1) is 6.61 Å². The zero-order valence-electron chi connectivity index (χ0n) is 9.64. The molecule has 1 amide bonds. The molecule has 2 aromatic rings. The molecule has 5 nitrogen and oxygen atoms in total. The molecular weight excluding hydrogens is 256 g/mol. The molecule has 0 aliphatic heterocycles. The smallest absolute Gasteiger partial charge is 0.414 e. The summed E-state index contributed by atoms with van der Waals surface area (Å²) in [7, 11) is 0. The summed E-state index contributed by atoms with van der Waals surface area (Å²) < 4.78 is 9.69. The van der Waals surface area contributed by atoms with Crippen LogP contribution in [0.4, 0.5) is 10.7 Å². The van der Waals surface area contributed by atoms with Crippen molar-refractivity contribution in [1.82, 2.24) is 5.16 Å². The number of rotatable bonds is 3. The van der Waals surface area contributed by atoms with E-state index in [4.69, 9.17) is 20.9 Å². The van der Waals surface area contributed by atoms with E-state index < -0.39 is 6.09 Å². The highest BCUT2D eigenvalue weighted by molar-refractivity contribution is 6.30. The van der Waals surface area contributed by atoms with Crippen molar-refractivity contribution in [3.8, 4) is 11.3 Å². The average Bonchev–Trinajstić information content (AvgIpc) is 2.78. The Bertz CT molecular complexity index is 537. The third-order valence-electron chi connectivity index (χ3n) is 2.15. The van der Waals surface area contributed by atoms with Gasteiger partial charge < -0.3 is 9.26 Å². The normalized spacial score (nSPS) is 10.1. The van der Waals surface area contributed by atoms with Crippen molar-refractivity contribution in [2.24, 2.45) is 0 Å². The third kappa shape index (κ3) is 3.01. The third-order valence-corrected chi connectivity index (χ3v) is 2.40. The lowest BCUT2D eigenvalue weighted by molar-refractivity contribution is 0.167. The van der Waals surface area contributed by atoms with E-state index in [-0.39, 0.29) is 5.88 Å². The molecular formula is C12H11ClN2O3. The van der Waals surface area contributed by atoms with Gasteiger partial charge in [-0.25, -0.2) is 4.79 Å². The van der Waals surface area contributed by atoms with Gasteiger partial charge in [-0.1, -0.05) is 28.9 Å². The molecule has 0 saturated carbocycles. The first-order chi connectivity index (χ1) is 8.69. The highest BCUT2D eigenvalue weighted by Gasteiger charge is 2.09. The fourth-order valence-electron chi connectivity index (χ4n) is 1.36. The van der Waals surface area contributed by atoms with Gasteiger partial charge in [0, 0.05) is 16.7 Å². The minimum Gasteiger partial charge on any atom is -0.450 e. The molecule has 0 fully saturated rings. The van der Waals surface area contributed by atoms with E-state index in [0.29, 0.717) is 17.3 Å². The summed E-state index contributed by atoms with van der Waals surface area (Å²) >= 11 is 5.79. The van der Waals surface area contributed by atoms with E-state index in [9.17, 15) is 4.79 Å². The molecule has 0 aliphatic carbocycles. The van der Waals surface area contributed by atoms with Crippen molar-refractivity contribution in [1.29, 1.82) is 0 Å². The Morgan fingerprint density at radius 2 is 2.17 bits per heavy atom. The molecule has 1 aromatic carbocycles. The van der Waals surface area contributed by atoms with Crippen LogP contribution in [0.25, 0.3) is 11.3 Å². The van der Waals surface area contributed by atoms with Crippen LogP contribution in [-0.4, -0.2) is 17.9 Å². The topological polar surface area (TPSA) is 64.4 Å². The Morgan fingerprint density at radius 1 is 1.44 bits per heavy atom. The predicted octanol–water partition coefficient (Wildman–Crippen LogP) is 3.56. The van der Waals surface area contributed by atoms with Gasteiger partial charge in [-0.2, -0.15) is 0 Å². The number of carbonyl (C=O) groups is 1. The summed E-state index contributed by atoms with van der Waals surface area (Å²) in [5, 5.41) is 6.91. The molecule has 1 N–H and O–H groups in total. The van der Waals surface area contributed by atoms with Gasteiger partial charge in [-0.3, -0.25) is 5.32 Å². The summed E-state index contributed by atoms with van der Waals surface area (Å²) in [6.07, 6.45) is -0.573. The maximum absolute atomic E-state index is 11.2. The fourth-order valence-corrected chi connectivity index (χ4v) is 1.48. The minimum atomic E-state index is -0.573. The Hall–Kier alpha value is -2.01. The number of ether oxygens (including phenoxy) is 1. The van der Waals surface area contributed by atoms with Crippen molar-refractivity contribution in [2.75, 3.05) is 11.9 Å². The summed E-state index contributed by atoms with van der Waals surface area (Å²) in [6, 6.07) is 8.75. The van der Waals surface area contributed by atoms with Crippen molar-refractivity contribution >= 4 is 23.6 Å². The molecule has 1 heterocycles. The Balaban J connectivity index is 2.10. The summed E-state index contributed by atoms with van der Waals surface area (Å²) in [5.74, 6) is 0.235. The molecule has 0 saturated heterocycles. The zero-order chi connectivity index (χ0) is 13.0. The summed E-state index contributed by atoms with van der Waals surface area (Å²) in [4.78, 5) is 11.2. The van der Waals surface area contributed by atoms with Gasteiger partial charge in [-0.15, -0.1) is 0 Å². The van der Waals surface area contributed by atoms with Crippen molar-refractivity contribution in [3.05, 3.63) is 35.4 Å². The van der Waals surface area contributed by atoms with Crippen LogP contribution in [0, 0.1) is 0 Å². The largest absolute Gasteiger partial charge is 0.450 e. The zero-order valence-corrected chi connectivity index (χ0v) is 10.4. The highest BCUT2D eigenvalue weighted by atomic mass is 35.5. The molecule has 2 rings (SSSR count). The molecule has 0 atom stereocenters. The molecule has 18 heavy (non-hydrogen) atoms. The molecule has 0 unspecified atom stereocenters. The van der Waals surface area contributed by atoms with Gasteiger partial charge in [0.2, 0.25) is 5.88 Å². The van der Waals surface area contributed by atoms with Crippen LogP contribution in [0.2, 0.25) is 5.02 Å². The lowest BCUT2D eigenvalue weighted by Gasteiger charge is -1.99. The van der Waals surface area contributed by atoms with Crippen LogP contribution < -0.4 is 5.32 Å². The maximum atomic E-state index is 11.2. The first-order valence-corrected chi connectivity index (χ1v) is 5.73. The first kappa shape index (κ1) is 12.4. The second-order valence-electron chi connectivity index (χ2n) is 3.43.